The van der Waals surface area contributed by atoms with Crippen molar-refractivity contribution in [3.63, 3.8) is 0 Å². The molecule has 1 atom stereocenters. The van der Waals surface area contributed by atoms with Crippen LogP contribution in [0.1, 0.15) is 41.6 Å². The van der Waals surface area contributed by atoms with Crippen molar-refractivity contribution in [2.75, 3.05) is 6.54 Å². The predicted molar refractivity (Wildman–Crippen MR) is 89.1 cm³/mol. The van der Waals surface area contributed by atoms with E-state index in [0.29, 0.717) is 25.2 Å². The molecule has 1 unspecified atom stereocenters. The summed E-state index contributed by atoms with van der Waals surface area (Å²) in [5.41, 5.74) is 1.95. The molecule has 0 aliphatic carbocycles. The first-order chi connectivity index (χ1) is 10.9. The first-order valence-electron chi connectivity index (χ1n) is 7.58. The van der Waals surface area contributed by atoms with E-state index in [2.05, 4.69) is 15.4 Å². The molecule has 1 amide bonds. The van der Waals surface area contributed by atoms with Crippen LogP contribution in [0.4, 0.5) is 0 Å². The van der Waals surface area contributed by atoms with E-state index < -0.39 is 6.10 Å². The highest BCUT2D eigenvalue weighted by molar-refractivity contribution is 6.33. The van der Waals surface area contributed by atoms with Gasteiger partial charge in [-0.2, -0.15) is 5.10 Å². The van der Waals surface area contributed by atoms with Crippen LogP contribution in [0.25, 0.3) is 5.82 Å². The summed E-state index contributed by atoms with van der Waals surface area (Å²) in [6, 6.07) is 5.29. The van der Waals surface area contributed by atoms with Gasteiger partial charge in [0.05, 0.1) is 16.8 Å². The van der Waals surface area contributed by atoms with Crippen molar-refractivity contribution in [3.05, 3.63) is 40.3 Å². The van der Waals surface area contributed by atoms with Crippen LogP contribution in [-0.4, -0.2) is 38.4 Å². The average Bonchev–Trinajstić information content (AvgIpc) is 2.86. The van der Waals surface area contributed by atoms with Gasteiger partial charge >= 0.3 is 0 Å². The Balaban J connectivity index is 2.17. The number of nitrogens with zero attached hydrogens (tertiary/aromatic N) is 3. The summed E-state index contributed by atoms with van der Waals surface area (Å²) in [7, 11) is 0. The van der Waals surface area contributed by atoms with E-state index in [1.807, 2.05) is 26.8 Å². The maximum atomic E-state index is 12.2. The molecule has 0 aliphatic rings. The van der Waals surface area contributed by atoms with E-state index in [1.165, 1.54) is 0 Å². The number of rotatable bonds is 6. The zero-order valence-corrected chi connectivity index (χ0v) is 14.3. The summed E-state index contributed by atoms with van der Waals surface area (Å²) in [6.45, 7) is 6.08. The smallest absolute Gasteiger partial charge is 0.271 e. The molecule has 2 aromatic rings. The van der Waals surface area contributed by atoms with Gasteiger partial charge in [0.25, 0.3) is 5.91 Å². The predicted octanol–water partition coefficient (Wildman–Crippen LogP) is 2.43. The van der Waals surface area contributed by atoms with Gasteiger partial charge in [0.2, 0.25) is 0 Å². The normalized spacial score (nSPS) is 12.2. The van der Waals surface area contributed by atoms with Crippen LogP contribution in [0, 0.1) is 13.8 Å². The van der Waals surface area contributed by atoms with Gasteiger partial charge in [0, 0.05) is 12.2 Å². The number of halogens is 1. The van der Waals surface area contributed by atoms with Crippen molar-refractivity contribution in [2.24, 2.45) is 0 Å². The average molecular weight is 337 g/mol. The fraction of sp³-hybridized carbons (Fsp3) is 0.438. The lowest BCUT2D eigenvalue weighted by molar-refractivity contribution is 0.0937. The van der Waals surface area contributed by atoms with Crippen LogP contribution >= 0.6 is 11.6 Å². The second-order valence-corrected chi connectivity index (χ2v) is 5.85. The maximum Gasteiger partial charge on any atom is 0.271 e. The number of aliphatic hydroxyl groups is 1. The summed E-state index contributed by atoms with van der Waals surface area (Å²) in [5.74, 6) is 0.181. The molecule has 124 valence electrons. The van der Waals surface area contributed by atoms with Gasteiger partial charge < -0.3 is 10.4 Å². The molecule has 23 heavy (non-hydrogen) atoms. The third kappa shape index (κ3) is 4.30. The molecule has 2 rings (SSSR count). The van der Waals surface area contributed by atoms with Crippen LogP contribution in [0.15, 0.2) is 18.2 Å². The van der Waals surface area contributed by atoms with Crippen LogP contribution in [-0.2, 0) is 0 Å². The minimum atomic E-state index is -0.417. The Morgan fingerprint density at radius 1 is 1.43 bits per heavy atom. The molecule has 6 nitrogen and oxygen atoms in total. The van der Waals surface area contributed by atoms with E-state index in [-0.39, 0.29) is 16.6 Å². The van der Waals surface area contributed by atoms with Gasteiger partial charge in [-0.1, -0.05) is 18.5 Å². The molecule has 7 heteroatoms. The second-order valence-electron chi connectivity index (χ2n) is 5.45. The van der Waals surface area contributed by atoms with Crippen LogP contribution in [0.3, 0.4) is 0 Å². The number of hydrogen-bond acceptors (Lipinski definition) is 4. The number of aliphatic hydroxyl groups excluding tert-OH is 1. The Morgan fingerprint density at radius 2 is 2.17 bits per heavy atom. The number of pyridine rings is 1. The lowest BCUT2D eigenvalue weighted by Gasteiger charge is -2.10. The highest BCUT2D eigenvalue weighted by Crippen LogP contribution is 2.17. The number of hydrogen-bond donors (Lipinski definition) is 2. The van der Waals surface area contributed by atoms with Crippen molar-refractivity contribution in [2.45, 2.75) is 39.7 Å². The lowest BCUT2D eigenvalue weighted by Crippen LogP contribution is -2.28. The molecule has 0 fully saturated rings. The zero-order chi connectivity index (χ0) is 17.0. The first-order valence-corrected chi connectivity index (χ1v) is 7.96. The molecule has 0 aromatic carbocycles. The molecular formula is C16H21ClN4O2. The minimum Gasteiger partial charge on any atom is -0.393 e. The molecule has 0 spiro atoms. The molecule has 0 radical (unpaired) electrons. The van der Waals surface area contributed by atoms with Gasteiger partial charge in [-0.05, 0) is 44.9 Å². The summed E-state index contributed by atoms with van der Waals surface area (Å²) in [5, 5.41) is 16.9. The Bertz CT molecular complexity index is 699. The fourth-order valence-electron chi connectivity index (χ4n) is 2.21. The molecule has 2 N–H and O–H groups in total. The van der Waals surface area contributed by atoms with Gasteiger partial charge in [0.1, 0.15) is 5.69 Å². The minimum absolute atomic E-state index is 0.155. The quantitative estimate of drug-likeness (QED) is 0.849. The summed E-state index contributed by atoms with van der Waals surface area (Å²) >= 11 is 6.09. The molecule has 0 saturated heterocycles. The number of amides is 1. The van der Waals surface area contributed by atoms with Crippen LogP contribution in [0.2, 0.25) is 5.02 Å². The van der Waals surface area contributed by atoms with Crippen molar-refractivity contribution in [3.8, 4) is 5.82 Å². The van der Waals surface area contributed by atoms with Gasteiger partial charge in [-0.15, -0.1) is 0 Å². The second kappa shape index (κ2) is 7.57. The third-order valence-electron chi connectivity index (χ3n) is 3.51. The van der Waals surface area contributed by atoms with Gasteiger partial charge in [-0.3, -0.25) is 4.79 Å². The topological polar surface area (TPSA) is 80.0 Å². The van der Waals surface area contributed by atoms with E-state index in [1.54, 1.807) is 16.8 Å². The number of carbonyl (C=O) groups excluding carboxylic acids is 1. The highest BCUT2D eigenvalue weighted by atomic mass is 35.5. The Kier molecular flexibility index (Phi) is 5.74. The summed E-state index contributed by atoms with van der Waals surface area (Å²) in [4.78, 5) is 16.6. The maximum absolute atomic E-state index is 12.2. The van der Waals surface area contributed by atoms with Crippen molar-refractivity contribution < 1.29 is 9.90 Å². The number of carbonyl (C=O) groups is 1. The highest BCUT2D eigenvalue weighted by Gasteiger charge is 2.15. The summed E-state index contributed by atoms with van der Waals surface area (Å²) < 4.78 is 1.67. The molecule has 0 saturated carbocycles. The van der Waals surface area contributed by atoms with Crippen molar-refractivity contribution in [1.82, 2.24) is 20.1 Å². The van der Waals surface area contributed by atoms with E-state index in [0.717, 1.165) is 11.4 Å². The van der Waals surface area contributed by atoms with Crippen LogP contribution < -0.4 is 5.32 Å². The Labute approximate surface area is 140 Å². The molecule has 0 aliphatic heterocycles. The number of nitrogens with one attached hydrogen (secondary N) is 1. The number of aromatic nitrogens is 3. The van der Waals surface area contributed by atoms with Gasteiger partial charge in [0.15, 0.2) is 5.82 Å². The zero-order valence-electron chi connectivity index (χ0n) is 13.5. The Morgan fingerprint density at radius 3 is 2.78 bits per heavy atom. The molecule has 2 heterocycles. The van der Waals surface area contributed by atoms with E-state index in [9.17, 15) is 9.90 Å². The van der Waals surface area contributed by atoms with E-state index in [4.69, 9.17) is 11.6 Å². The van der Waals surface area contributed by atoms with Gasteiger partial charge in [-0.25, -0.2) is 9.67 Å². The number of aryl methyl sites for hydroxylation is 2. The van der Waals surface area contributed by atoms with Crippen LogP contribution in [0.5, 0.6) is 0 Å². The van der Waals surface area contributed by atoms with Crippen molar-refractivity contribution in [1.29, 1.82) is 0 Å². The SMILES string of the molecule is CCC(O)CCNC(=O)c1nc(-n2nc(C)cc2C)ccc1Cl. The van der Waals surface area contributed by atoms with Crippen molar-refractivity contribution >= 4 is 17.5 Å². The monoisotopic (exact) mass is 336 g/mol. The first kappa shape index (κ1) is 17.4. The Hall–Kier alpha value is -1.92. The lowest BCUT2D eigenvalue weighted by atomic mass is 10.2. The third-order valence-corrected chi connectivity index (χ3v) is 3.81. The summed E-state index contributed by atoms with van der Waals surface area (Å²) in [6.07, 6.45) is 0.735. The molecule has 0 bridgehead atoms. The largest absolute Gasteiger partial charge is 0.393 e. The molecular weight excluding hydrogens is 316 g/mol. The standard InChI is InChI=1S/C16H21ClN4O2/c1-4-12(22)7-8-18-16(23)15-13(17)5-6-14(19-15)21-11(3)9-10(2)20-21/h5-6,9,12,22H,4,7-8H2,1-3H3,(H,18,23). The molecule has 2 aromatic heterocycles. The fourth-order valence-corrected chi connectivity index (χ4v) is 2.40. The van der Waals surface area contributed by atoms with E-state index >= 15 is 0 Å².